The Morgan fingerprint density at radius 3 is 2.81 bits per heavy atom. The predicted octanol–water partition coefficient (Wildman–Crippen LogP) is 1.59. The van der Waals surface area contributed by atoms with E-state index in [0.717, 1.165) is 19.4 Å². The van der Waals surface area contributed by atoms with E-state index >= 15 is 0 Å². The normalized spacial score (nSPS) is 10.8. The number of aromatic nitrogens is 3. The molecule has 0 unspecified atom stereocenters. The SMILES string of the molecule is COC(=O)c1ncn(CN(C)CCCc2ccccc2)n1. The Balaban J connectivity index is 1.75. The van der Waals surface area contributed by atoms with Gasteiger partial charge in [-0.25, -0.2) is 14.5 Å². The average molecular weight is 288 g/mol. The van der Waals surface area contributed by atoms with Gasteiger partial charge in [0.25, 0.3) is 5.82 Å². The Bertz CT molecular complexity index is 568. The van der Waals surface area contributed by atoms with Gasteiger partial charge in [-0.05, 0) is 32.0 Å². The summed E-state index contributed by atoms with van der Waals surface area (Å²) in [4.78, 5) is 17.3. The van der Waals surface area contributed by atoms with Crippen LogP contribution in [0.25, 0.3) is 0 Å². The lowest BCUT2D eigenvalue weighted by atomic mass is 10.1. The second-order valence-corrected chi connectivity index (χ2v) is 4.91. The number of aryl methyl sites for hydroxylation is 1. The fraction of sp³-hybridized carbons (Fsp3) is 0.400. The van der Waals surface area contributed by atoms with Gasteiger partial charge in [0.05, 0.1) is 13.8 Å². The maximum absolute atomic E-state index is 11.3. The highest BCUT2D eigenvalue weighted by atomic mass is 16.5. The molecule has 6 heteroatoms. The number of esters is 1. The number of ether oxygens (including phenoxy) is 1. The van der Waals surface area contributed by atoms with Crippen molar-refractivity contribution >= 4 is 5.97 Å². The quantitative estimate of drug-likeness (QED) is 0.724. The van der Waals surface area contributed by atoms with Crippen LogP contribution in [-0.2, 0) is 17.8 Å². The highest BCUT2D eigenvalue weighted by Gasteiger charge is 2.11. The van der Waals surface area contributed by atoms with Crippen molar-refractivity contribution in [2.24, 2.45) is 0 Å². The molecule has 1 aromatic heterocycles. The van der Waals surface area contributed by atoms with Crippen molar-refractivity contribution in [2.45, 2.75) is 19.5 Å². The Morgan fingerprint density at radius 1 is 1.33 bits per heavy atom. The molecule has 1 aromatic carbocycles. The van der Waals surface area contributed by atoms with Crippen LogP contribution in [0.2, 0.25) is 0 Å². The van der Waals surface area contributed by atoms with Crippen molar-refractivity contribution < 1.29 is 9.53 Å². The van der Waals surface area contributed by atoms with Crippen molar-refractivity contribution in [3.63, 3.8) is 0 Å². The van der Waals surface area contributed by atoms with Gasteiger partial charge < -0.3 is 4.74 Å². The van der Waals surface area contributed by atoms with E-state index < -0.39 is 5.97 Å². The van der Waals surface area contributed by atoms with Crippen LogP contribution in [0.4, 0.5) is 0 Å². The van der Waals surface area contributed by atoms with E-state index in [0.29, 0.717) is 6.67 Å². The molecule has 21 heavy (non-hydrogen) atoms. The number of benzene rings is 1. The molecular weight excluding hydrogens is 268 g/mol. The van der Waals surface area contributed by atoms with Crippen molar-refractivity contribution in [1.29, 1.82) is 0 Å². The van der Waals surface area contributed by atoms with Crippen LogP contribution >= 0.6 is 0 Å². The number of carbonyl (C=O) groups is 1. The van der Waals surface area contributed by atoms with Crippen molar-refractivity contribution in [3.8, 4) is 0 Å². The molecule has 0 saturated heterocycles. The van der Waals surface area contributed by atoms with Crippen LogP contribution in [0.15, 0.2) is 36.7 Å². The first-order valence-electron chi connectivity index (χ1n) is 6.89. The van der Waals surface area contributed by atoms with E-state index in [1.807, 2.05) is 13.1 Å². The molecule has 0 aliphatic heterocycles. The van der Waals surface area contributed by atoms with Gasteiger partial charge in [0.2, 0.25) is 0 Å². The maximum atomic E-state index is 11.3. The first-order valence-corrected chi connectivity index (χ1v) is 6.89. The van der Waals surface area contributed by atoms with Gasteiger partial charge in [0.15, 0.2) is 0 Å². The summed E-state index contributed by atoms with van der Waals surface area (Å²) in [5, 5.41) is 4.08. The molecule has 0 aliphatic rings. The lowest BCUT2D eigenvalue weighted by Crippen LogP contribution is -2.24. The van der Waals surface area contributed by atoms with Gasteiger partial charge in [-0.2, -0.15) is 0 Å². The largest absolute Gasteiger partial charge is 0.463 e. The van der Waals surface area contributed by atoms with Gasteiger partial charge in [0.1, 0.15) is 6.33 Å². The minimum atomic E-state index is -0.513. The Labute approximate surface area is 124 Å². The van der Waals surface area contributed by atoms with E-state index in [4.69, 9.17) is 0 Å². The molecule has 0 N–H and O–H groups in total. The zero-order valence-corrected chi connectivity index (χ0v) is 12.4. The molecule has 0 radical (unpaired) electrons. The molecule has 0 amide bonds. The van der Waals surface area contributed by atoms with E-state index in [2.05, 4.69) is 44.0 Å². The van der Waals surface area contributed by atoms with Crippen LogP contribution in [0.1, 0.15) is 22.6 Å². The first-order chi connectivity index (χ1) is 10.2. The van der Waals surface area contributed by atoms with Crippen LogP contribution < -0.4 is 0 Å². The number of carbonyl (C=O) groups excluding carboxylic acids is 1. The lowest BCUT2D eigenvalue weighted by molar-refractivity contribution is 0.0585. The summed E-state index contributed by atoms with van der Waals surface area (Å²) >= 11 is 0. The topological polar surface area (TPSA) is 60.2 Å². The van der Waals surface area contributed by atoms with Gasteiger partial charge in [0, 0.05) is 0 Å². The van der Waals surface area contributed by atoms with Crippen LogP contribution in [0, 0.1) is 0 Å². The molecular formula is C15H20N4O2. The smallest absolute Gasteiger partial charge is 0.377 e. The third-order valence-corrected chi connectivity index (χ3v) is 3.14. The zero-order chi connectivity index (χ0) is 15.1. The standard InChI is InChI=1S/C15H20N4O2/c1-18(10-6-9-13-7-4-3-5-8-13)12-19-11-16-14(17-19)15(20)21-2/h3-5,7-8,11H,6,9-10,12H2,1-2H3. The van der Waals surface area contributed by atoms with Crippen molar-refractivity contribution in [2.75, 3.05) is 20.7 Å². The van der Waals surface area contributed by atoms with Crippen molar-refractivity contribution in [1.82, 2.24) is 19.7 Å². The second kappa shape index (κ2) is 7.54. The summed E-state index contributed by atoms with van der Waals surface area (Å²) in [6, 6.07) is 10.4. The Kier molecular flexibility index (Phi) is 5.45. The zero-order valence-electron chi connectivity index (χ0n) is 12.4. The van der Waals surface area contributed by atoms with Crippen LogP contribution in [0.5, 0.6) is 0 Å². The van der Waals surface area contributed by atoms with Crippen molar-refractivity contribution in [3.05, 3.63) is 48.0 Å². The predicted molar refractivity (Wildman–Crippen MR) is 78.8 cm³/mol. The highest BCUT2D eigenvalue weighted by Crippen LogP contribution is 2.03. The summed E-state index contributed by atoms with van der Waals surface area (Å²) in [6.45, 7) is 1.54. The van der Waals surface area contributed by atoms with Crippen LogP contribution in [0.3, 0.4) is 0 Å². The number of nitrogens with zero attached hydrogens (tertiary/aromatic N) is 4. The number of hydrogen-bond acceptors (Lipinski definition) is 5. The third-order valence-electron chi connectivity index (χ3n) is 3.14. The molecule has 2 aromatic rings. The minimum absolute atomic E-state index is 0.0928. The Hall–Kier alpha value is -2.21. The van der Waals surface area contributed by atoms with E-state index in [-0.39, 0.29) is 5.82 Å². The molecule has 6 nitrogen and oxygen atoms in total. The highest BCUT2D eigenvalue weighted by molar-refractivity contribution is 5.84. The van der Waals surface area contributed by atoms with E-state index in [9.17, 15) is 4.79 Å². The van der Waals surface area contributed by atoms with E-state index in [1.165, 1.54) is 12.7 Å². The molecule has 112 valence electrons. The molecule has 2 rings (SSSR count). The molecule has 0 saturated carbocycles. The first kappa shape index (κ1) is 15.2. The summed E-state index contributed by atoms with van der Waals surface area (Å²) < 4.78 is 6.21. The number of rotatable bonds is 7. The summed E-state index contributed by atoms with van der Waals surface area (Å²) in [5.41, 5.74) is 1.35. The minimum Gasteiger partial charge on any atom is -0.463 e. The fourth-order valence-electron chi connectivity index (χ4n) is 2.06. The third kappa shape index (κ3) is 4.68. The molecule has 0 spiro atoms. The number of hydrogen-bond donors (Lipinski definition) is 0. The van der Waals surface area contributed by atoms with E-state index in [1.54, 1.807) is 11.0 Å². The van der Waals surface area contributed by atoms with Crippen LogP contribution in [-0.4, -0.2) is 46.3 Å². The van der Waals surface area contributed by atoms with Gasteiger partial charge in [-0.15, -0.1) is 5.10 Å². The molecule has 1 heterocycles. The lowest BCUT2D eigenvalue weighted by Gasteiger charge is -2.15. The summed E-state index contributed by atoms with van der Waals surface area (Å²) in [6.07, 6.45) is 3.66. The summed E-state index contributed by atoms with van der Waals surface area (Å²) in [5.74, 6) is -0.421. The van der Waals surface area contributed by atoms with Gasteiger partial charge in [-0.3, -0.25) is 4.90 Å². The maximum Gasteiger partial charge on any atom is 0.377 e. The number of methoxy groups -OCH3 is 1. The summed E-state index contributed by atoms with van der Waals surface area (Å²) in [7, 11) is 3.34. The monoisotopic (exact) mass is 288 g/mol. The molecule has 0 aliphatic carbocycles. The average Bonchev–Trinajstić information content (AvgIpc) is 2.96. The second-order valence-electron chi connectivity index (χ2n) is 4.91. The van der Waals surface area contributed by atoms with Gasteiger partial charge >= 0.3 is 5.97 Å². The fourth-order valence-corrected chi connectivity index (χ4v) is 2.06. The molecule has 0 bridgehead atoms. The van der Waals surface area contributed by atoms with Gasteiger partial charge in [-0.1, -0.05) is 30.3 Å². The molecule has 0 fully saturated rings. The Morgan fingerprint density at radius 2 is 2.10 bits per heavy atom. The molecule has 0 atom stereocenters.